The molecule has 0 bridgehead atoms. The highest BCUT2D eigenvalue weighted by atomic mass is 35.5. The predicted molar refractivity (Wildman–Crippen MR) is 107 cm³/mol. The average Bonchev–Trinajstić information content (AvgIpc) is 3.07. The van der Waals surface area contributed by atoms with E-state index in [9.17, 15) is 10.4 Å². The fourth-order valence-corrected chi connectivity index (χ4v) is 2.70. The van der Waals surface area contributed by atoms with Crippen molar-refractivity contribution in [1.29, 1.82) is 5.26 Å². The van der Waals surface area contributed by atoms with Crippen LogP contribution >= 0.6 is 11.6 Å². The topological polar surface area (TPSA) is 116 Å². The van der Waals surface area contributed by atoms with Crippen LogP contribution in [0.2, 0.25) is 5.02 Å². The Balaban J connectivity index is 1.88. The van der Waals surface area contributed by atoms with E-state index in [0.717, 1.165) is 0 Å². The van der Waals surface area contributed by atoms with Crippen LogP contribution < -0.4 is 14.8 Å². The van der Waals surface area contributed by atoms with Crippen molar-refractivity contribution in [2.45, 2.75) is 0 Å². The standard InChI is InChI=1S/C19H16ClN5O3/c1-27-16-7-11(6-15(26)17(16)28-2)10-22-18-14(9-21)19(25-24-18)23-13-5-3-4-12(20)8-13/h3-8,10,26H,1-2H3,(H2,23,24,25). The molecule has 142 valence electrons. The van der Waals surface area contributed by atoms with Gasteiger partial charge in [0, 0.05) is 22.5 Å². The molecule has 0 atom stereocenters. The molecule has 3 rings (SSSR count). The number of halogens is 1. The molecule has 3 N–H and O–H groups in total. The molecule has 1 heterocycles. The number of anilines is 2. The summed E-state index contributed by atoms with van der Waals surface area (Å²) in [5.41, 5.74) is 1.49. The van der Waals surface area contributed by atoms with Crippen LogP contribution in [-0.4, -0.2) is 35.7 Å². The number of nitriles is 1. The lowest BCUT2D eigenvalue weighted by molar-refractivity contribution is 0.333. The summed E-state index contributed by atoms with van der Waals surface area (Å²) in [4.78, 5) is 4.24. The minimum atomic E-state index is -0.0888. The second kappa shape index (κ2) is 8.33. The Morgan fingerprint density at radius 2 is 2.11 bits per heavy atom. The summed E-state index contributed by atoms with van der Waals surface area (Å²) in [5.74, 6) is 1.09. The zero-order chi connectivity index (χ0) is 20.1. The highest BCUT2D eigenvalue weighted by molar-refractivity contribution is 6.30. The van der Waals surface area contributed by atoms with Gasteiger partial charge in [0.05, 0.1) is 14.2 Å². The van der Waals surface area contributed by atoms with Gasteiger partial charge < -0.3 is 19.9 Å². The molecule has 0 fully saturated rings. The summed E-state index contributed by atoms with van der Waals surface area (Å²) >= 11 is 5.97. The highest BCUT2D eigenvalue weighted by Gasteiger charge is 2.14. The van der Waals surface area contributed by atoms with Crippen LogP contribution in [0.1, 0.15) is 11.1 Å². The van der Waals surface area contributed by atoms with Gasteiger partial charge in [-0.15, -0.1) is 0 Å². The summed E-state index contributed by atoms with van der Waals surface area (Å²) in [5, 5.41) is 29.9. The molecule has 28 heavy (non-hydrogen) atoms. The van der Waals surface area contributed by atoms with Crippen molar-refractivity contribution in [2.75, 3.05) is 19.5 Å². The van der Waals surface area contributed by atoms with E-state index in [-0.39, 0.29) is 22.9 Å². The van der Waals surface area contributed by atoms with E-state index in [1.165, 1.54) is 26.5 Å². The van der Waals surface area contributed by atoms with Crippen molar-refractivity contribution < 1.29 is 14.6 Å². The van der Waals surface area contributed by atoms with Gasteiger partial charge in [0.2, 0.25) is 5.75 Å². The molecule has 0 unspecified atom stereocenters. The molecule has 1 aromatic heterocycles. The van der Waals surface area contributed by atoms with Crippen molar-refractivity contribution in [2.24, 2.45) is 4.99 Å². The molecule has 0 saturated carbocycles. The van der Waals surface area contributed by atoms with Crippen LogP contribution in [0.25, 0.3) is 0 Å². The van der Waals surface area contributed by atoms with Gasteiger partial charge in [-0.2, -0.15) is 10.4 Å². The summed E-state index contributed by atoms with van der Waals surface area (Å²) in [6.07, 6.45) is 1.46. The van der Waals surface area contributed by atoms with E-state index in [1.807, 2.05) is 6.07 Å². The molecule has 0 aliphatic heterocycles. The summed E-state index contributed by atoms with van der Waals surface area (Å²) in [7, 11) is 2.90. The Morgan fingerprint density at radius 3 is 2.79 bits per heavy atom. The lowest BCUT2D eigenvalue weighted by Gasteiger charge is -2.09. The van der Waals surface area contributed by atoms with Crippen molar-refractivity contribution >= 4 is 35.1 Å². The number of H-pyrrole nitrogens is 1. The largest absolute Gasteiger partial charge is 0.504 e. The maximum Gasteiger partial charge on any atom is 0.203 e. The third-order valence-electron chi connectivity index (χ3n) is 3.77. The Morgan fingerprint density at radius 1 is 1.29 bits per heavy atom. The Bertz CT molecular complexity index is 1070. The third kappa shape index (κ3) is 4.00. The van der Waals surface area contributed by atoms with Gasteiger partial charge in [-0.05, 0) is 30.3 Å². The second-order valence-corrected chi connectivity index (χ2v) is 6.01. The minimum absolute atomic E-state index is 0.0888. The maximum absolute atomic E-state index is 10.0. The van der Waals surface area contributed by atoms with E-state index < -0.39 is 0 Å². The third-order valence-corrected chi connectivity index (χ3v) is 4.01. The molecule has 0 aliphatic rings. The number of ether oxygens (including phenoxy) is 2. The number of hydrogen-bond donors (Lipinski definition) is 3. The van der Waals surface area contributed by atoms with Crippen molar-refractivity contribution in [1.82, 2.24) is 10.2 Å². The van der Waals surface area contributed by atoms with Gasteiger partial charge in [0.1, 0.15) is 17.5 Å². The molecule has 0 amide bonds. The first-order valence-corrected chi connectivity index (χ1v) is 8.43. The van der Waals surface area contributed by atoms with E-state index in [2.05, 4.69) is 26.6 Å². The number of aromatic nitrogens is 2. The molecule has 2 aromatic carbocycles. The lowest BCUT2D eigenvalue weighted by atomic mass is 10.2. The number of aromatic hydroxyl groups is 1. The second-order valence-electron chi connectivity index (χ2n) is 5.58. The zero-order valence-electron chi connectivity index (χ0n) is 15.0. The Labute approximate surface area is 166 Å². The van der Waals surface area contributed by atoms with Gasteiger partial charge in [-0.3, -0.25) is 5.10 Å². The normalized spacial score (nSPS) is 10.6. The van der Waals surface area contributed by atoms with E-state index >= 15 is 0 Å². The highest BCUT2D eigenvalue weighted by Crippen LogP contribution is 2.37. The number of benzene rings is 2. The van der Waals surface area contributed by atoms with Crippen LogP contribution in [0.15, 0.2) is 41.4 Å². The van der Waals surface area contributed by atoms with Crippen LogP contribution in [0.3, 0.4) is 0 Å². The van der Waals surface area contributed by atoms with Crippen molar-refractivity contribution in [3.05, 3.63) is 52.5 Å². The maximum atomic E-state index is 10.0. The number of methoxy groups -OCH3 is 2. The molecule has 0 spiro atoms. The number of aromatic amines is 1. The zero-order valence-corrected chi connectivity index (χ0v) is 15.8. The molecule has 0 saturated heterocycles. The molecular weight excluding hydrogens is 382 g/mol. The molecule has 0 radical (unpaired) electrons. The number of hydrogen-bond acceptors (Lipinski definition) is 7. The first-order chi connectivity index (χ1) is 13.5. The van der Waals surface area contributed by atoms with Crippen molar-refractivity contribution in [3.8, 4) is 23.3 Å². The van der Waals surface area contributed by atoms with E-state index in [1.54, 1.807) is 24.3 Å². The Hall–Kier alpha value is -3.70. The number of nitrogens with one attached hydrogen (secondary N) is 2. The minimum Gasteiger partial charge on any atom is -0.504 e. The van der Waals surface area contributed by atoms with Gasteiger partial charge in [0.15, 0.2) is 17.3 Å². The summed E-state index contributed by atoms with van der Waals surface area (Å²) in [6, 6.07) is 12.2. The quantitative estimate of drug-likeness (QED) is 0.538. The molecule has 8 nitrogen and oxygen atoms in total. The number of phenols is 1. The summed E-state index contributed by atoms with van der Waals surface area (Å²) < 4.78 is 10.3. The van der Waals surface area contributed by atoms with E-state index in [0.29, 0.717) is 27.8 Å². The lowest BCUT2D eigenvalue weighted by Crippen LogP contribution is -1.93. The van der Waals surface area contributed by atoms with Crippen LogP contribution in [0.4, 0.5) is 17.3 Å². The van der Waals surface area contributed by atoms with Crippen LogP contribution in [0.5, 0.6) is 17.2 Å². The molecule has 3 aromatic rings. The monoisotopic (exact) mass is 397 g/mol. The number of phenolic OH excluding ortho intramolecular Hbond substituents is 1. The van der Waals surface area contributed by atoms with Gasteiger partial charge in [-0.1, -0.05) is 17.7 Å². The fraction of sp³-hybridized carbons (Fsp3) is 0.105. The van der Waals surface area contributed by atoms with Gasteiger partial charge in [0.25, 0.3) is 0 Å². The predicted octanol–water partition coefficient (Wildman–Crippen LogP) is 4.15. The van der Waals surface area contributed by atoms with Crippen LogP contribution in [-0.2, 0) is 0 Å². The number of rotatable bonds is 6. The first-order valence-electron chi connectivity index (χ1n) is 8.05. The SMILES string of the molecule is COc1cc(C=Nc2n[nH]c(Nc3cccc(Cl)c3)c2C#N)cc(O)c1OC. The molecular formula is C19H16ClN5O3. The number of aliphatic imine (C=N–C) groups is 1. The first kappa shape index (κ1) is 19.1. The molecule has 0 aliphatic carbocycles. The average molecular weight is 398 g/mol. The van der Waals surface area contributed by atoms with E-state index in [4.69, 9.17) is 21.1 Å². The van der Waals surface area contributed by atoms with Crippen LogP contribution in [0, 0.1) is 11.3 Å². The fourth-order valence-electron chi connectivity index (χ4n) is 2.51. The summed E-state index contributed by atoms with van der Waals surface area (Å²) in [6.45, 7) is 0. The van der Waals surface area contributed by atoms with Gasteiger partial charge >= 0.3 is 0 Å². The number of nitrogens with zero attached hydrogens (tertiary/aromatic N) is 3. The smallest absolute Gasteiger partial charge is 0.203 e. The molecule has 9 heteroatoms. The van der Waals surface area contributed by atoms with Crippen molar-refractivity contribution in [3.63, 3.8) is 0 Å². The van der Waals surface area contributed by atoms with Gasteiger partial charge in [-0.25, -0.2) is 4.99 Å². The Kier molecular flexibility index (Phi) is 5.67.